The van der Waals surface area contributed by atoms with E-state index in [2.05, 4.69) is 30.4 Å². The SMILES string of the molecule is CCOC(=O)c1c(C(F)(F)F)nc(C(F)(F)F)c(C(=O)OCC)c1Br. The first-order valence-corrected chi connectivity index (χ1v) is 7.37. The third-order valence-corrected chi connectivity index (χ3v) is 3.43. The van der Waals surface area contributed by atoms with Gasteiger partial charge in [0.2, 0.25) is 0 Å². The molecule has 1 aromatic rings. The van der Waals surface area contributed by atoms with Gasteiger partial charge in [-0.3, -0.25) is 0 Å². The molecular formula is C13H10BrF6NO4. The smallest absolute Gasteiger partial charge is 0.434 e. The molecule has 1 rings (SSSR count). The van der Waals surface area contributed by atoms with Gasteiger partial charge in [-0.25, -0.2) is 14.6 Å². The largest absolute Gasteiger partial charge is 0.462 e. The molecule has 1 heterocycles. The summed E-state index contributed by atoms with van der Waals surface area (Å²) in [5.41, 5.74) is -6.94. The third kappa shape index (κ3) is 4.61. The van der Waals surface area contributed by atoms with Crippen LogP contribution >= 0.6 is 15.9 Å². The Morgan fingerprint density at radius 2 is 1.20 bits per heavy atom. The van der Waals surface area contributed by atoms with Crippen molar-refractivity contribution in [2.75, 3.05) is 13.2 Å². The van der Waals surface area contributed by atoms with E-state index in [4.69, 9.17) is 0 Å². The molecule has 0 aliphatic carbocycles. The summed E-state index contributed by atoms with van der Waals surface area (Å²) in [7, 11) is 0. The number of esters is 2. The average molecular weight is 438 g/mol. The van der Waals surface area contributed by atoms with Gasteiger partial charge in [0.1, 0.15) is 11.1 Å². The van der Waals surface area contributed by atoms with Crippen LogP contribution in [0.1, 0.15) is 46.0 Å². The first-order valence-electron chi connectivity index (χ1n) is 6.58. The molecule has 12 heteroatoms. The van der Waals surface area contributed by atoms with E-state index >= 15 is 0 Å². The van der Waals surface area contributed by atoms with Crippen LogP contribution in [0.4, 0.5) is 26.3 Å². The zero-order valence-corrected chi connectivity index (χ0v) is 14.2. The minimum absolute atomic E-state index is 0.349. The zero-order valence-electron chi connectivity index (χ0n) is 12.6. The predicted octanol–water partition coefficient (Wildman–Crippen LogP) is 4.24. The van der Waals surface area contributed by atoms with Gasteiger partial charge in [-0.05, 0) is 29.8 Å². The van der Waals surface area contributed by atoms with Crippen LogP contribution in [0.2, 0.25) is 0 Å². The number of nitrogens with zero attached hydrogens (tertiary/aromatic N) is 1. The number of ether oxygens (including phenoxy) is 2. The van der Waals surface area contributed by atoms with Gasteiger partial charge in [0.15, 0.2) is 11.4 Å². The molecule has 0 radical (unpaired) electrons. The maximum Gasteiger partial charge on any atom is 0.434 e. The molecule has 0 atom stereocenters. The van der Waals surface area contributed by atoms with Crippen LogP contribution in [0.25, 0.3) is 0 Å². The monoisotopic (exact) mass is 437 g/mol. The van der Waals surface area contributed by atoms with Crippen molar-refractivity contribution in [1.29, 1.82) is 0 Å². The molecule has 0 amide bonds. The molecule has 0 aliphatic heterocycles. The van der Waals surface area contributed by atoms with Gasteiger partial charge in [-0.1, -0.05) is 0 Å². The maximum atomic E-state index is 13.1. The molecule has 5 nitrogen and oxygen atoms in total. The zero-order chi connectivity index (χ0) is 19.6. The van der Waals surface area contributed by atoms with E-state index in [0.29, 0.717) is 0 Å². The molecule has 0 aliphatic rings. The highest BCUT2D eigenvalue weighted by atomic mass is 79.9. The van der Waals surface area contributed by atoms with Crippen molar-refractivity contribution in [1.82, 2.24) is 4.98 Å². The van der Waals surface area contributed by atoms with Crippen LogP contribution < -0.4 is 0 Å². The van der Waals surface area contributed by atoms with E-state index in [9.17, 15) is 35.9 Å². The molecule has 140 valence electrons. The summed E-state index contributed by atoms with van der Waals surface area (Å²) < 4.78 is 86.4. The van der Waals surface area contributed by atoms with Gasteiger partial charge in [0.25, 0.3) is 0 Å². The lowest BCUT2D eigenvalue weighted by atomic mass is 10.1. The summed E-state index contributed by atoms with van der Waals surface area (Å²) in [6, 6.07) is 0. The number of rotatable bonds is 4. The van der Waals surface area contributed by atoms with Crippen LogP contribution in [0.3, 0.4) is 0 Å². The number of halogens is 7. The lowest BCUT2D eigenvalue weighted by molar-refractivity contribution is -0.151. The number of hydrogen-bond donors (Lipinski definition) is 0. The van der Waals surface area contributed by atoms with Crippen molar-refractivity contribution in [2.45, 2.75) is 26.2 Å². The maximum absolute atomic E-state index is 13.1. The van der Waals surface area contributed by atoms with Crippen molar-refractivity contribution in [3.8, 4) is 0 Å². The number of pyridine rings is 1. The molecular weight excluding hydrogens is 428 g/mol. The van der Waals surface area contributed by atoms with Crippen LogP contribution in [0, 0.1) is 0 Å². The molecule has 0 aromatic carbocycles. The van der Waals surface area contributed by atoms with Gasteiger partial charge in [0, 0.05) is 0 Å². The Bertz CT molecular complexity index is 632. The van der Waals surface area contributed by atoms with Gasteiger partial charge in [0.05, 0.1) is 17.7 Å². The van der Waals surface area contributed by atoms with Gasteiger partial charge in [-0.2, -0.15) is 26.3 Å². The van der Waals surface area contributed by atoms with E-state index in [1.807, 2.05) is 0 Å². The lowest BCUT2D eigenvalue weighted by Crippen LogP contribution is -2.26. The molecule has 0 N–H and O–H groups in total. The summed E-state index contributed by atoms with van der Waals surface area (Å²) >= 11 is 2.47. The van der Waals surface area contributed by atoms with Crippen molar-refractivity contribution < 1.29 is 45.4 Å². The highest BCUT2D eigenvalue weighted by Crippen LogP contribution is 2.41. The molecule has 0 bridgehead atoms. The minimum Gasteiger partial charge on any atom is -0.462 e. The fourth-order valence-electron chi connectivity index (χ4n) is 1.75. The molecule has 0 fully saturated rings. The van der Waals surface area contributed by atoms with Crippen LogP contribution in [-0.4, -0.2) is 30.1 Å². The molecule has 0 spiro atoms. The predicted molar refractivity (Wildman–Crippen MR) is 73.9 cm³/mol. The Kier molecular flexibility index (Phi) is 6.43. The lowest BCUT2D eigenvalue weighted by Gasteiger charge is -2.19. The van der Waals surface area contributed by atoms with Gasteiger partial charge >= 0.3 is 24.3 Å². The van der Waals surface area contributed by atoms with Crippen molar-refractivity contribution in [2.24, 2.45) is 0 Å². The molecule has 0 saturated heterocycles. The highest BCUT2D eigenvalue weighted by molar-refractivity contribution is 9.10. The Hall–Kier alpha value is -1.85. The molecule has 0 saturated carbocycles. The van der Waals surface area contributed by atoms with Crippen LogP contribution in [-0.2, 0) is 21.8 Å². The second-order valence-electron chi connectivity index (χ2n) is 4.31. The van der Waals surface area contributed by atoms with Gasteiger partial charge < -0.3 is 9.47 Å². The summed E-state index contributed by atoms with van der Waals surface area (Å²) in [6.45, 7) is 1.86. The van der Waals surface area contributed by atoms with E-state index < -0.39 is 51.3 Å². The fraction of sp³-hybridized carbons (Fsp3) is 0.462. The fourth-order valence-corrected chi connectivity index (χ4v) is 2.45. The Balaban J connectivity index is 3.92. The van der Waals surface area contributed by atoms with Crippen LogP contribution in [0.5, 0.6) is 0 Å². The summed E-state index contributed by atoms with van der Waals surface area (Å²) in [5, 5.41) is 0. The standard InChI is InChI=1S/C13H10BrF6NO4/c1-3-24-10(22)5-7(14)6(11(23)25-4-2)9(13(18,19)20)21-8(5)12(15,16)17/h3-4H2,1-2H3. The summed E-state index contributed by atoms with van der Waals surface area (Å²) in [6.07, 6.45) is -10.8. The van der Waals surface area contributed by atoms with E-state index in [1.54, 1.807) is 0 Å². The normalized spacial score (nSPS) is 12.0. The Morgan fingerprint density at radius 3 is 1.44 bits per heavy atom. The average Bonchev–Trinajstić information content (AvgIpc) is 2.44. The van der Waals surface area contributed by atoms with Crippen molar-refractivity contribution >= 4 is 27.9 Å². The Labute approximate surface area is 145 Å². The summed E-state index contributed by atoms with van der Waals surface area (Å²) in [5.74, 6) is -3.18. The quantitative estimate of drug-likeness (QED) is 0.520. The van der Waals surface area contributed by atoms with Crippen molar-refractivity contribution in [3.05, 3.63) is 27.0 Å². The van der Waals surface area contributed by atoms with E-state index in [-0.39, 0.29) is 13.2 Å². The topological polar surface area (TPSA) is 65.5 Å². The first-order chi connectivity index (χ1) is 11.4. The van der Waals surface area contributed by atoms with Crippen LogP contribution in [0.15, 0.2) is 4.47 Å². The summed E-state index contributed by atoms with van der Waals surface area (Å²) in [4.78, 5) is 26.1. The second kappa shape index (κ2) is 7.58. The number of carbonyl (C=O) groups is 2. The number of aromatic nitrogens is 1. The first kappa shape index (κ1) is 21.2. The third-order valence-electron chi connectivity index (χ3n) is 2.63. The highest BCUT2D eigenvalue weighted by Gasteiger charge is 2.47. The molecule has 25 heavy (non-hydrogen) atoms. The second-order valence-corrected chi connectivity index (χ2v) is 5.10. The van der Waals surface area contributed by atoms with E-state index in [1.165, 1.54) is 13.8 Å². The number of carbonyl (C=O) groups excluding carboxylic acids is 2. The number of hydrogen-bond acceptors (Lipinski definition) is 5. The molecule has 0 unspecified atom stereocenters. The number of alkyl halides is 6. The molecule has 1 aromatic heterocycles. The van der Waals surface area contributed by atoms with E-state index in [0.717, 1.165) is 0 Å². The van der Waals surface area contributed by atoms with Gasteiger partial charge in [-0.15, -0.1) is 0 Å². The minimum atomic E-state index is -5.40. The Morgan fingerprint density at radius 1 is 0.880 bits per heavy atom. The van der Waals surface area contributed by atoms with Crippen molar-refractivity contribution in [3.63, 3.8) is 0 Å².